The average molecular weight is 447 g/mol. The highest BCUT2D eigenvalue weighted by molar-refractivity contribution is 5.87. The zero-order valence-electron chi connectivity index (χ0n) is 17.6. The molecule has 1 fully saturated rings. The Morgan fingerprint density at radius 2 is 1.79 bits per heavy atom. The van der Waals surface area contributed by atoms with Crippen molar-refractivity contribution in [3.63, 3.8) is 0 Å². The number of carbonyl (C=O) groups excluding carboxylic acids is 1. The zero-order valence-corrected chi connectivity index (χ0v) is 17.6. The Hall–Kier alpha value is -4.12. The van der Waals surface area contributed by atoms with Gasteiger partial charge in [0, 0.05) is 37.9 Å². The van der Waals surface area contributed by atoms with Crippen molar-refractivity contribution in [3.8, 4) is 11.4 Å². The summed E-state index contributed by atoms with van der Waals surface area (Å²) in [5.41, 5.74) is 14.1. The van der Waals surface area contributed by atoms with Gasteiger partial charge in [-0.15, -0.1) is 0 Å². The number of benzene rings is 1. The van der Waals surface area contributed by atoms with E-state index >= 15 is 0 Å². The number of piperazine rings is 1. The highest BCUT2D eigenvalue weighted by atomic mass is 19.1. The molecule has 5 N–H and O–H groups in total. The minimum absolute atomic E-state index is 0.112. The lowest BCUT2D eigenvalue weighted by atomic mass is 10.1. The summed E-state index contributed by atoms with van der Waals surface area (Å²) >= 11 is 0. The topological polar surface area (TPSA) is 143 Å². The van der Waals surface area contributed by atoms with Gasteiger partial charge in [0.1, 0.15) is 23.2 Å². The van der Waals surface area contributed by atoms with Crippen LogP contribution in [0.4, 0.5) is 16.2 Å². The maximum Gasteiger partial charge on any atom is 0.241 e. The molecule has 0 radical (unpaired) electrons. The van der Waals surface area contributed by atoms with Crippen LogP contribution in [0.2, 0.25) is 0 Å². The molecule has 0 spiro atoms. The van der Waals surface area contributed by atoms with Crippen LogP contribution in [-0.2, 0) is 4.79 Å². The van der Waals surface area contributed by atoms with E-state index in [0.29, 0.717) is 54.7 Å². The van der Waals surface area contributed by atoms with E-state index < -0.39 is 11.9 Å². The van der Waals surface area contributed by atoms with E-state index in [1.54, 1.807) is 30.5 Å². The fraction of sp³-hybridized carbons (Fsp3) is 0.227. The first-order valence-electron chi connectivity index (χ1n) is 10.5. The second kappa shape index (κ2) is 8.43. The second-order valence-electron chi connectivity index (χ2n) is 7.78. The number of amides is 1. The molecule has 3 aromatic heterocycles. The first-order valence-corrected chi connectivity index (χ1v) is 10.5. The van der Waals surface area contributed by atoms with Crippen LogP contribution in [0.25, 0.3) is 22.6 Å². The molecule has 0 saturated carbocycles. The summed E-state index contributed by atoms with van der Waals surface area (Å²) in [6.45, 7) is 2.34. The van der Waals surface area contributed by atoms with Gasteiger partial charge in [-0.05, 0) is 36.4 Å². The third-order valence-corrected chi connectivity index (χ3v) is 5.68. The normalized spacial score (nSPS) is 15.6. The number of nitrogens with zero attached hydrogens (tertiary/aromatic N) is 6. The molecule has 1 amide bonds. The van der Waals surface area contributed by atoms with E-state index in [1.165, 1.54) is 12.1 Å². The van der Waals surface area contributed by atoms with Gasteiger partial charge in [0.25, 0.3) is 0 Å². The number of imidazole rings is 1. The van der Waals surface area contributed by atoms with Crippen molar-refractivity contribution in [1.82, 2.24) is 29.8 Å². The van der Waals surface area contributed by atoms with Crippen molar-refractivity contribution in [3.05, 3.63) is 60.2 Å². The Bertz CT molecular complexity index is 1280. The maximum atomic E-state index is 13.3. The molecule has 4 heterocycles. The number of aromatic nitrogens is 5. The third kappa shape index (κ3) is 4.05. The number of pyridine rings is 1. The lowest BCUT2D eigenvalue weighted by Gasteiger charge is -2.38. The molecule has 10 nitrogen and oxygen atoms in total. The number of halogens is 1. The summed E-state index contributed by atoms with van der Waals surface area (Å²) < 4.78 is 13.3. The number of hydrogen-bond acceptors (Lipinski definition) is 8. The fourth-order valence-electron chi connectivity index (χ4n) is 4.11. The molecular formula is C22H22FN9O. The molecule has 1 aliphatic heterocycles. The van der Waals surface area contributed by atoms with E-state index in [9.17, 15) is 9.18 Å². The minimum atomic E-state index is -0.596. The SMILES string of the molecule is NC(=O)C(c1ccccn1)N1CCN(c2nc(N)nc3nc(-c4ccc(F)cc4)[nH]c23)CC1. The fourth-order valence-corrected chi connectivity index (χ4v) is 4.11. The van der Waals surface area contributed by atoms with Crippen LogP contribution in [0.3, 0.4) is 0 Å². The molecule has 11 heteroatoms. The summed E-state index contributed by atoms with van der Waals surface area (Å²) in [5, 5.41) is 0. The summed E-state index contributed by atoms with van der Waals surface area (Å²) in [6, 6.07) is 10.9. The van der Waals surface area contributed by atoms with Gasteiger partial charge in [-0.3, -0.25) is 14.7 Å². The van der Waals surface area contributed by atoms with Gasteiger partial charge in [-0.1, -0.05) is 6.07 Å². The smallest absolute Gasteiger partial charge is 0.241 e. The van der Waals surface area contributed by atoms with Crippen LogP contribution in [0.1, 0.15) is 11.7 Å². The number of nitrogen functional groups attached to an aromatic ring is 1. The highest BCUT2D eigenvalue weighted by Crippen LogP contribution is 2.29. The predicted octanol–water partition coefficient (Wildman–Crippen LogP) is 1.48. The van der Waals surface area contributed by atoms with E-state index in [0.717, 1.165) is 5.56 Å². The molecule has 0 aliphatic carbocycles. The molecule has 1 atom stereocenters. The number of anilines is 2. The van der Waals surface area contributed by atoms with Crippen LogP contribution in [0, 0.1) is 5.82 Å². The summed E-state index contributed by atoms with van der Waals surface area (Å²) in [7, 11) is 0. The molecule has 1 unspecified atom stereocenters. The van der Waals surface area contributed by atoms with E-state index in [1.807, 2.05) is 11.0 Å². The van der Waals surface area contributed by atoms with E-state index in [-0.39, 0.29) is 11.8 Å². The van der Waals surface area contributed by atoms with Crippen molar-refractivity contribution in [1.29, 1.82) is 0 Å². The second-order valence-corrected chi connectivity index (χ2v) is 7.78. The van der Waals surface area contributed by atoms with Gasteiger partial charge in [-0.2, -0.15) is 9.97 Å². The van der Waals surface area contributed by atoms with Gasteiger partial charge in [0.2, 0.25) is 11.9 Å². The van der Waals surface area contributed by atoms with Crippen molar-refractivity contribution in [2.45, 2.75) is 6.04 Å². The Balaban J connectivity index is 1.41. The van der Waals surface area contributed by atoms with Gasteiger partial charge in [0.15, 0.2) is 11.5 Å². The van der Waals surface area contributed by atoms with Crippen LogP contribution in [0.15, 0.2) is 48.7 Å². The summed E-state index contributed by atoms with van der Waals surface area (Å²) in [4.78, 5) is 37.0. The Morgan fingerprint density at radius 1 is 1.03 bits per heavy atom. The number of aromatic amines is 1. The summed E-state index contributed by atoms with van der Waals surface area (Å²) in [6.07, 6.45) is 1.65. The predicted molar refractivity (Wildman–Crippen MR) is 121 cm³/mol. The largest absolute Gasteiger partial charge is 0.368 e. The zero-order chi connectivity index (χ0) is 22.9. The molecule has 1 aromatic carbocycles. The number of fused-ring (bicyclic) bond motifs is 1. The molecule has 4 aromatic rings. The molecule has 1 aliphatic rings. The standard InChI is InChI=1S/C22H22FN9O/c23-14-6-4-13(5-7-14)19-27-16-20(28-19)29-22(25)30-21(16)32-11-9-31(10-12-32)17(18(24)33)15-3-1-2-8-26-15/h1-8,17H,9-12H2,(H2,24,33)(H3,25,27,28,29,30). The third-order valence-electron chi connectivity index (χ3n) is 5.68. The monoisotopic (exact) mass is 447 g/mol. The first-order chi connectivity index (χ1) is 16.0. The van der Waals surface area contributed by atoms with Gasteiger partial charge < -0.3 is 21.4 Å². The number of rotatable bonds is 5. The molecule has 0 bridgehead atoms. The minimum Gasteiger partial charge on any atom is -0.368 e. The molecular weight excluding hydrogens is 425 g/mol. The number of nitrogens with one attached hydrogen (secondary N) is 1. The lowest BCUT2D eigenvalue weighted by Crippen LogP contribution is -2.50. The van der Waals surface area contributed by atoms with E-state index in [2.05, 4.69) is 29.8 Å². The maximum absolute atomic E-state index is 13.3. The molecule has 168 valence electrons. The average Bonchev–Trinajstić information content (AvgIpc) is 3.24. The summed E-state index contributed by atoms with van der Waals surface area (Å²) in [5.74, 6) is 0.534. The Morgan fingerprint density at radius 3 is 2.45 bits per heavy atom. The van der Waals surface area contributed by atoms with Crippen molar-refractivity contribution in [2.24, 2.45) is 5.73 Å². The number of hydrogen-bond donors (Lipinski definition) is 3. The van der Waals surface area contributed by atoms with E-state index in [4.69, 9.17) is 11.5 Å². The lowest BCUT2D eigenvalue weighted by molar-refractivity contribution is -0.123. The number of carbonyl (C=O) groups is 1. The van der Waals surface area contributed by atoms with Gasteiger partial charge >= 0.3 is 0 Å². The van der Waals surface area contributed by atoms with Crippen molar-refractivity contribution < 1.29 is 9.18 Å². The first kappa shape index (κ1) is 20.8. The quantitative estimate of drug-likeness (QED) is 0.418. The Labute approximate surface area is 188 Å². The number of nitrogens with two attached hydrogens (primary N) is 2. The Kier molecular flexibility index (Phi) is 5.31. The highest BCUT2D eigenvalue weighted by Gasteiger charge is 2.31. The molecule has 33 heavy (non-hydrogen) atoms. The van der Waals surface area contributed by atoms with Gasteiger partial charge in [0.05, 0.1) is 5.69 Å². The molecule has 5 rings (SSSR count). The number of primary amides is 1. The van der Waals surface area contributed by atoms with Crippen LogP contribution >= 0.6 is 0 Å². The van der Waals surface area contributed by atoms with Gasteiger partial charge in [-0.25, -0.2) is 9.37 Å². The van der Waals surface area contributed by atoms with Crippen molar-refractivity contribution in [2.75, 3.05) is 36.8 Å². The van der Waals surface area contributed by atoms with Crippen molar-refractivity contribution >= 4 is 28.8 Å². The number of H-pyrrole nitrogens is 1. The molecule has 1 saturated heterocycles. The van der Waals surface area contributed by atoms with Crippen LogP contribution in [0.5, 0.6) is 0 Å². The van der Waals surface area contributed by atoms with Crippen LogP contribution < -0.4 is 16.4 Å². The van der Waals surface area contributed by atoms with Crippen LogP contribution in [-0.4, -0.2) is 61.9 Å².